The van der Waals surface area contributed by atoms with E-state index in [-0.39, 0.29) is 25.4 Å². The van der Waals surface area contributed by atoms with Gasteiger partial charge in [-0.25, -0.2) is 0 Å². The molecule has 1 unspecified atom stereocenters. The molecule has 0 bridgehead atoms. The molecule has 116 valence electrons. The third-order valence-electron chi connectivity index (χ3n) is 2.68. The van der Waals surface area contributed by atoms with Crippen molar-refractivity contribution in [1.29, 1.82) is 0 Å². The van der Waals surface area contributed by atoms with Crippen LogP contribution in [0.25, 0.3) is 0 Å². The van der Waals surface area contributed by atoms with Gasteiger partial charge in [0.25, 0.3) is 0 Å². The Hall–Kier alpha value is -0.960. The van der Waals surface area contributed by atoms with Crippen molar-refractivity contribution in [2.45, 2.75) is 25.1 Å². The zero-order chi connectivity index (χ0) is 15.2. The van der Waals surface area contributed by atoms with Gasteiger partial charge in [0, 0.05) is 18.1 Å². The summed E-state index contributed by atoms with van der Waals surface area (Å²) in [5.74, 6) is -0.130. The number of ether oxygens (including phenoxy) is 1. The van der Waals surface area contributed by atoms with Crippen LogP contribution in [0.15, 0.2) is 0 Å². The molecule has 20 heavy (non-hydrogen) atoms. The number of carbonyl (C=O) groups is 2. The fraction of sp³-hybridized carbons (Fsp3) is 0.818. The van der Waals surface area contributed by atoms with E-state index in [2.05, 4.69) is 4.74 Å². The van der Waals surface area contributed by atoms with E-state index in [1.807, 2.05) is 0 Å². The molecule has 0 aromatic rings. The van der Waals surface area contributed by atoms with Crippen LogP contribution in [0.3, 0.4) is 0 Å². The topological polar surface area (TPSA) is 66.8 Å². The van der Waals surface area contributed by atoms with E-state index in [1.165, 1.54) is 4.90 Å². The van der Waals surface area contributed by atoms with Crippen LogP contribution in [0.4, 0.5) is 13.2 Å². The number of carboxylic acids is 1. The normalized spacial score (nSPS) is 19.9. The average molecular weight is 315 g/mol. The Morgan fingerprint density at radius 3 is 2.70 bits per heavy atom. The van der Waals surface area contributed by atoms with Gasteiger partial charge in [-0.15, -0.1) is 0 Å². The Morgan fingerprint density at radius 2 is 2.10 bits per heavy atom. The van der Waals surface area contributed by atoms with E-state index in [4.69, 9.17) is 5.11 Å². The summed E-state index contributed by atoms with van der Waals surface area (Å²) >= 11 is 1.56. The molecule has 1 atom stereocenters. The fourth-order valence-corrected chi connectivity index (χ4v) is 2.91. The van der Waals surface area contributed by atoms with Crippen LogP contribution in [0, 0.1) is 0 Å². The minimum Gasteiger partial charge on any atom is -0.481 e. The first-order valence-electron chi connectivity index (χ1n) is 6.03. The molecule has 1 rings (SSSR count). The number of nitrogens with zero attached hydrogens (tertiary/aromatic N) is 1. The highest BCUT2D eigenvalue weighted by molar-refractivity contribution is 7.99. The molecule has 1 saturated heterocycles. The van der Waals surface area contributed by atoms with Crippen molar-refractivity contribution in [3.8, 4) is 0 Å². The van der Waals surface area contributed by atoms with Crippen molar-refractivity contribution in [2.75, 3.05) is 31.3 Å². The summed E-state index contributed by atoms with van der Waals surface area (Å²) in [6.07, 6.45) is -4.73. The van der Waals surface area contributed by atoms with Gasteiger partial charge in [0.2, 0.25) is 5.91 Å². The zero-order valence-electron chi connectivity index (χ0n) is 10.7. The average Bonchev–Trinajstić information content (AvgIpc) is 2.33. The minimum atomic E-state index is -4.41. The highest BCUT2D eigenvalue weighted by atomic mass is 32.2. The Balaban J connectivity index is 2.37. The van der Waals surface area contributed by atoms with Crippen molar-refractivity contribution in [3.63, 3.8) is 0 Å². The molecule has 0 saturated carbocycles. The second kappa shape index (κ2) is 7.72. The lowest BCUT2D eigenvalue weighted by Crippen LogP contribution is -2.47. The van der Waals surface area contributed by atoms with Crippen LogP contribution in [-0.4, -0.2) is 65.4 Å². The molecular formula is C11H16F3NO4S. The van der Waals surface area contributed by atoms with Gasteiger partial charge in [-0.1, -0.05) is 0 Å². The van der Waals surface area contributed by atoms with Crippen LogP contribution in [0.1, 0.15) is 12.8 Å². The van der Waals surface area contributed by atoms with Crippen molar-refractivity contribution >= 4 is 23.6 Å². The summed E-state index contributed by atoms with van der Waals surface area (Å²) in [4.78, 5) is 24.0. The monoisotopic (exact) mass is 315 g/mol. The second-order valence-corrected chi connectivity index (χ2v) is 5.48. The third-order valence-corrected chi connectivity index (χ3v) is 3.78. The maximum Gasteiger partial charge on any atom is 0.411 e. The Bertz CT molecular complexity index is 351. The number of carbonyl (C=O) groups excluding carboxylic acids is 1. The third kappa shape index (κ3) is 6.47. The maximum atomic E-state index is 11.9. The lowest BCUT2D eigenvalue weighted by molar-refractivity contribution is -0.175. The van der Waals surface area contributed by atoms with Crippen molar-refractivity contribution in [2.24, 2.45) is 0 Å². The highest BCUT2D eigenvalue weighted by Crippen LogP contribution is 2.20. The van der Waals surface area contributed by atoms with Crippen LogP contribution in [0.5, 0.6) is 0 Å². The van der Waals surface area contributed by atoms with Crippen molar-refractivity contribution in [1.82, 2.24) is 4.90 Å². The van der Waals surface area contributed by atoms with Gasteiger partial charge in [0.05, 0.1) is 25.5 Å². The molecule has 1 N–H and O–H groups in total. The standard InChI is InChI=1S/C11H16F3NO4S/c12-11(13,14)7-19-3-1-9(16)15-2-4-20-6-8(15)5-10(17)18/h8H,1-7H2,(H,17,18). The minimum absolute atomic E-state index is 0.151. The number of halogens is 3. The van der Waals surface area contributed by atoms with Crippen LogP contribution < -0.4 is 0 Å². The largest absolute Gasteiger partial charge is 0.481 e. The number of rotatable bonds is 6. The number of carboxylic acid groups (broad SMARTS) is 1. The Kier molecular flexibility index (Phi) is 6.60. The van der Waals surface area contributed by atoms with Crippen molar-refractivity contribution < 1.29 is 32.6 Å². The molecule has 1 fully saturated rings. The van der Waals surface area contributed by atoms with E-state index in [0.29, 0.717) is 18.1 Å². The van der Waals surface area contributed by atoms with E-state index < -0.39 is 24.8 Å². The van der Waals surface area contributed by atoms with E-state index in [1.54, 1.807) is 11.8 Å². The summed E-state index contributed by atoms with van der Waals surface area (Å²) < 4.78 is 39.9. The van der Waals surface area contributed by atoms with E-state index in [0.717, 1.165) is 0 Å². The first kappa shape index (κ1) is 17.1. The van der Waals surface area contributed by atoms with Gasteiger partial charge in [-0.2, -0.15) is 24.9 Å². The summed E-state index contributed by atoms with van der Waals surface area (Å²) in [7, 11) is 0. The molecule has 5 nitrogen and oxygen atoms in total. The molecule has 0 aromatic carbocycles. The molecule has 0 radical (unpaired) electrons. The fourth-order valence-electron chi connectivity index (χ4n) is 1.84. The summed E-state index contributed by atoms with van der Waals surface area (Å²) in [6, 6.07) is -0.402. The summed E-state index contributed by atoms with van der Waals surface area (Å²) in [6.45, 7) is -1.28. The molecule has 1 aliphatic heterocycles. The predicted octanol–water partition coefficient (Wildman–Crippen LogP) is 1.37. The van der Waals surface area contributed by atoms with Crippen LogP contribution in [-0.2, 0) is 14.3 Å². The van der Waals surface area contributed by atoms with Crippen LogP contribution >= 0.6 is 11.8 Å². The highest BCUT2D eigenvalue weighted by Gasteiger charge is 2.30. The SMILES string of the molecule is O=C(O)CC1CSCCN1C(=O)CCOCC(F)(F)F. The predicted molar refractivity (Wildman–Crippen MR) is 66.6 cm³/mol. The second-order valence-electron chi connectivity index (χ2n) is 4.33. The number of amides is 1. The molecule has 1 amide bonds. The molecule has 0 aromatic heterocycles. The lowest BCUT2D eigenvalue weighted by atomic mass is 10.2. The van der Waals surface area contributed by atoms with Gasteiger partial charge < -0.3 is 14.7 Å². The van der Waals surface area contributed by atoms with Crippen molar-refractivity contribution in [3.05, 3.63) is 0 Å². The molecule has 1 heterocycles. The summed E-state index contributed by atoms with van der Waals surface area (Å²) in [5, 5.41) is 8.77. The number of thioether (sulfide) groups is 1. The summed E-state index contributed by atoms with van der Waals surface area (Å²) in [5.41, 5.74) is 0. The number of alkyl halides is 3. The number of hydrogen-bond acceptors (Lipinski definition) is 4. The number of hydrogen-bond donors (Lipinski definition) is 1. The van der Waals surface area contributed by atoms with Gasteiger partial charge in [0.15, 0.2) is 0 Å². The van der Waals surface area contributed by atoms with Crippen LogP contribution in [0.2, 0.25) is 0 Å². The van der Waals surface area contributed by atoms with Gasteiger partial charge in [-0.05, 0) is 0 Å². The lowest BCUT2D eigenvalue weighted by Gasteiger charge is -2.34. The number of aliphatic carboxylic acids is 1. The van der Waals surface area contributed by atoms with E-state index >= 15 is 0 Å². The van der Waals surface area contributed by atoms with Gasteiger partial charge >= 0.3 is 12.1 Å². The Labute approximate surface area is 118 Å². The van der Waals surface area contributed by atoms with Gasteiger partial charge in [-0.3, -0.25) is 9.59 Å². The molecule has 1 aliphatic rings. The Morgan fingerprint density at radius 1 is 1.40 bits per heavy atom. The maximum absolute atomic E-state index is 11.9. The smallest absolute Gasteiger partial charge is 0.411 e. The molecule has 0 aliphatic carbocycles. The molecule has 0 spiro atoms. The first-order valence-corrected chi connectivity index (χ1v) is 7.18. The first-order chi connectivity index (χ1) is 9.29. The molecule has 9 heteroatoms. The zero-order valence-corrected chi connectivity index (χ0v) is 11.5. The van der Waals surface area contributed by atoms with Gasteiger partial charge in [0.1, 0.15) is 6.61 Å². The van der Waals surface area contributed by atoms with E-state index in [9.17, 15) is 22.8 Å². The quantitative estimate of drug-likeness (QED) is 0.750. The molecular weight excluding hydrogens is 299 g/mol.